The largest absolute Gasteiger partial charge is 0.497 e. The number of carbonyl (C=O) groups excluding carboxylic acids is 3. The SMILES string of the molecule is COC(=O)c1ccc(/C=C/C(=O)N2CCN(C(=O)c3ccc(OC)cc3)CC2)cc1. The van der Waals surface area contributed by atoms with Gasteiger partial charge in [0.25, 0.3) is 5.91 Å². The van der Waals surface area contributed by atoms with Crippen LogP contribution in [0.25, 0.3) is 6.08 Å². The van der Waals surface area contributed by atoms with Gasteiger partial charge in [-0.3, -0.25) is 9.59 Å². The Morgan fingerprint density at radius 2 is 1.37 bits per heavy atom. The molecule has 0 spiro atoms. The quantitative estimate of drug-likeness (QED) is 0.561. The van der Waals surface area contributed by atoms with Gasteiger partial charge >= 0.3 is 5.97 Å². The molecular weight excluding hydrogens is 384 g/mol. The molecule has 1 saturated heterocycles. The van der Waals surface area contributed by atoms with Gasteiger partial charge < -0.3 is 19.3 Å². The van der Waals surface area contributed by atoms with Gasteiger partial charge in [0.1, 0.15) is 5.75 Å². The van der Waals surface area contributed by atoms with E-state index in [0.29, 0.717) is 43.1 Å². The van der Waals surface area contributed by atoms with Gasteiger partial charge in [0.2, 0.25) is 5.91 Å². The molecule has 3 rings (SSSR count). The summed E-state index contributed by atoms with van der Waals surface area (Å²) in [6.07, 6.45) is 3.21. The second kappa shape index (κ2) is 9.73. The molecule has 0 unspecified atom stereocenters. The number of methoxy groups -OCH3 is 2. The molecule has 2 amide bonds. The summed E-state index contributed by atoms with van der Waals surface area (Å²) in [5.41, 5.74) is 1.87. The van der Waals surface area contributed by atoms with Crippen molar-refractivity contribution in [3.8, 4) is 5.75 Å². The number of piperazine rings is 1. The lowest BCUT2D eigenvalue weighted by Gasteiger charge is -2.34. The molecule has 0 aromatic heterocycles. The molecule has 1 fully saturated rings. The Bertz CT molecular complexity index is 927. The third kappa shape index (κ3) is 5.05. The summed E-state index contributed by atoms with van der Waals surface area (Å²) in [6.45, 7) is 1.93. The van der Waals surface area contributed by atoms with Crippen molar-refractivity contribution in [2.75, 3.05) is 40.4 Å². The van der Waals surface area contributed by atoms with Crippen LogP contribution in [0.4, 0.5) is 0 Å². The average Bonchev–Trinajstić information content (AvgIpc) is 2.82. The summed E-state index contributed by atoms with van der Waals surface area (Å²) < 4.78 is 9.78. The summed E-state index contributed by atoms with van der Waals surface area (Å²) in [5, 5.41) is 0. The lowest BCUT2D eigenvalue weighted by atomic mass is 10.1. The third-order valence-corrected chi connectivity index (χ3v) is 4.97. The highest BCUT2D eigenvalue weighted by molar-refractivity contribution is 5.95. The highest BCUT2D eigenvalue weighted by atomic mass is 16.5. The number of nitrogens with zero attached hydrogens (tertiary/aromatic N) is 2. The summed E-state index contributed by atoms with van der Waals surface area (Å²) in [6, 6.07) is 13.8. The second-order valence-electron chi connectivity index (χ2n) is 6.79. The molecule has 1 aliphatic rings. The number of rotatable bonds is 5. The van der Waals surface area contributed by atoms with Gasteiger partial charge in [-0.1, -0.05) is 12.1 Å². The molecule has 0 atom stereocenters. The van der Waals surface area contributed by atoms with Crippen LogP contribution in [0.5, 0.6) is 5.75 Å². The normalized spacial score (nSPS) is 13.9. The first kappa shape index (κ1) is 21.1. The van der Waals surface area contributed by atoms with E-state index in [-0.39, 0.29) is 11.8 Å². The van der Waals surface area contributed by atoms with E-state index in [1.807, 2.05) is 0 Å². The van der Waals surface area contributed by atoms with Crippen molar-refractivity contribution in [1.29, 1.82) is 0 Å². The van der Waals surface area contributed by atoms with Crippen LogP contribution in [0.1, 0.15) is 26.3 Å². The zero-order chi connectivity index (χ0) is 21.5. The van der Waals surface area contributed by atoms with Gasteiger partial charge in [-0.05, 0) is 48.0 Å². The van der Waals surface area contributed by atoms with Gasteiger partial charge in [0, 0.05) is 37.8 Å². The number of hydrogen-bond donors (Lipinski definition) is 0. The first-order valence-corrected chi connectivity index (χ1v) is 9.60. The van der Waals surface area contributed by atoms with Crippen molar-refractivity contribution in [1.82, 2.24) is 9.80 Å². The van der Waals surface area contributed by atoms with Crippen LogP contribution in [-0.4, -0.2) is 68.0 Å². The fourth-order valence-electron chi connectivity index (χ4n) is 3.17. The first-order chi connectivity index (χ1) is 14.5. The van der Waals surface area contributed by atoms with E-state index in [9.17, 15) is 14.4 Å². The Kier molecular flexibility index (Phi) is 6.85. The first-order valence-electron chi connectivity index (χ1n) is 9.60. The Morgan fingerprint density at radius 1 is 0.800 bits per heavy atom. The van der Waals surface area contributed by atoms with Gasteiger partial charge in [-0.25, -0.2) is 4.79 Å². The molecule has 156 valence electrons. The number of ether oxygens (including phenoxy) is 2. The summed E-state index contributed by atoms with van der Waals surface area (Å²) in [5.74, 6) is 0.145. The molecule has 2 aromatic carbocycles. The summed E-state index contributed by atoms with van der Waals surface area (Å²) >= 11 is 0. The van der Waals surface area contributed by atoms with Crippen LogP contribution in [0, 0.1) is 0 Å². The number of esters is 1. The predicted molar refractivity (Wildman–Crippen MR) is 112 cm³/mol. The minimum Gasteiger partial charge on any atom is -0.497 e. The topological polar surface area (TPSA) is 76.2 Å². The van der Waals surface area contributed by atoms with Gasteiger partial charge in [-0.15, -0.1) is 0 Å². The molecule has 0 radical (unpaired) electrons. The maximum absolute atomic E-state index is 12.6. The smallest absolute Gasteiger partial charge is 0.337 e. The van der Waals surface area contributed by atoms with Crippen molar-refractivity contribution >= 4 is 23.9 Å². The number of benzene rings is 2. The van der Waals surface area contributed by atoms with E-state index >= 15 is 0 Å². The Balaban J connectivity index is 1.52. The van der Waals surface area contributed by atoms with E-state index < -0.39 is 5.97 Å². The zero-order valence-corrected chi connectivity index (χ0v) is 17.0. The van der Waals surface area contributed by atoms with E-state index in [1.165, 1.54) is 13.2 Å². The molecule has 7 nitrogen and oxygen atoms in total. The molecular formula is C23H24N2O5. The molecule has 0 aliphatic carbocycles. The van der Waals surface area contributed by atoms with Crippen LogP contribution in [0.3, 0.4) is 0 Å². The minimum atomic E-state index is -0.399. The van der Waals surface area contributed by atoms with Crippen molar-refractivity contribution in [2.45, 2.75) is 0 Å². The number of hydrogen-bond acceptors (Lipinski definition) is 5. The molecule has 30 heavy (non-hydrogen) atoms. The molecule has 2 aromatic rings. The fraction of sp³-hybridized carbons (Fsp3) is 0.261. The fourth-order valence-corrected chi connectivity index (χ4v) is 3.17. The maximum Gasteiger partial charge on any atom is 0.337 e. The van der Waals surface area contributed by atoms with Gasteiger partial charge in [-0.2, -0.15) is 0 Å². The maximum atomic E-state index is 12.6. The Hall–Kier alpha value is -3.61. The third-order valence-electron chi connectivity index (χ3n) is 4.97. The van der Waals surface area contributed by atoms with E-state index in [4.69, 9.17) is 4.74 Å². The summed E-state index contributed by atoms with van der Waals surface area (Å²) in [7, 11) is 2.91. The van der Waals surface area contributed by atoms with E-state index in [1.54, 1.807) is 71.5 Å². The van der Waals surface area contributed by atoms with Crippen LogP contribution >= 0.6 is 0 Å². The average molecular weight is 408 g/mol. The van der Waals surface area contributed by atoms with Gasteiger partial charge in [0.05, 0.1) is 19.8 Å². The highest BCUT2D eigenvalue weighted by Gasteiger charge is 2.23. The number of amides is 2. The number of carbonyl (C=O) groups is 3. The molecule has 0 saturated carbocycles. The predicted octanol–water partition coefficient (Wildman–Crippen LogP) is 2.48. The van der Waals surface area contributed by atoms with Crippen molar-refractivity contribution in [3.05, 3.63) is 71.3 Å². The highest BCUT2D eigenvalue weighted by Crippen LogP contribution is 2.15. The van der Waals surface area contributed by atoms with Crippen LogP contribution in [0.2, 0.25) is 0 Å². The lowest BCUT2D eigenvalue weighted by molar-refractivity contribution is -0.127. The van der Waals surface area contributed by atoms with E-state index in [2.05, 4.69) is 4.74 Å². The molecule has 7 heteroatoms. The lowest BCUT2D eigenvalue weighted by Crippen LogP contribution is -2.50. The minimum absolute atomic E-state index is 0.0500. The van der Waals surface area contributed by atoms with Crippen molar-refractivity contribution in [2.24, 2.45) is 0 Å². The zero-order valence-electron chi connectivity index (χ0n) is 17.0. The molecule has 1 heterocycles. The summed E-state index contributed by atoms with van der Waals surface area (Å²) in [4.78, 5) is 40.0. The van der Waals surface area contributed by atoms with Crippen LogP contribution in [-0.2, 0) is 9.53 Å². The molecule has 0 N–H and O–H groups in total. The Morgan fingerprint density at radius 3 is 1.93 bits per heavy atom. The second-order valence-corrected chi connectivity index (χ2v) is 6.79. The van der Waals surface area contributed by atoms with E-state index in [0.717, 1.165) is 5.56 Å². The van der Waals surface area contributed by atoms with Crippen molar-refractivity contribution in [3.63, 3.8) is 0 Å². The van der Waals surface area contributed by atoms with Gasteiger partial charge in [0.15, 0.2) is 0 Å². The monoisotopic (exact) mass is 408 g/mol. The molecule has 0 bridgehead atoms. The van der Waals surface area contributed by atoms with Crippen LogP contribution < -0.4 is 4.74 Å². The molecule has 1 aliphatic heterocycles. The standard InChI is InChI=1S/C23H24N2O5/c1-29-20-10-8-18(9-11-20)22(27)25-15-13-24(14-16-25)21(26)12-5-17-3-6-19(7-4-17)23(28)30-2/h3-12H,13-16H2,1-2H3/b12-5+. The Labute approximate surface area is 175 Å². The van der Waals surface area contributed by atoms with Crippen molar-refractivity contribution < 1.29 is 23.9 Å². The van der Waals surface area contributed by atoms with Crippen LogP contribution in [0.15, 0.2) is 54.6 Å².